The predicted molar refractivity (Wildman–Crippen MR) is 91.0 cm³/mol. The quantitative estimate of drug-likeness (QED) is 0.792. The fourth-order valence-electron chi connectivity index (χ4n) is 3.28. The lowest BCUT2D eigenvalue weighted by Crippen LogP contribution is -2.20. The first kappa shape index (κ1) is 15.0. The zero-order valence-electron chi connectivity index (χ0n) is 12.8. The van der Waals surface area contributed by atoms with Crippen LogP contribution in [0.2, 0.25) is 5.15 Å². The van der Waals surface area contributed by atoms with Crippen molar-refractivity contribution in [3.05, 3.63) is 59.0 Å². The summed E-state index contributed by atoms with van der Waals surface area (Å²) in [6, 6.07) is 9.01. The van der Waals surface area contributed by atoms with Crippen LogP contribution in [0.25, 0.3) is 5.65 Å². The number of hydrogen-bond donors (Lipinski definition) is 1. The molecule has 1 aliphatic heterocycles. The van der Waals surface area contributed by atoms with E-state index in [9.17, 15) is 4.79 Å². The van der Waals surface area contributed by atoms with Gasteiger partial charge in [0.1, 0.15) is 0 Å². The zero-order valence-corrected chi connectivity index (χ0v) is 13.5. The highest BCUT2D eigenvalue weighted by Crippen LogP contribution is 2.33. The van der Waals surface area contributed by atoms with Crippen LogP contribution in [0.1, 0.15) is 28.3 Å². The van der Waals surface area contributed by atoms with Gasteiger partial charge < -0.3 is 10.0 Å². The second kappa shape index (κ2) is 5.79. The molecule has 0 bridgehead atoms. The van der Waals surface area contributed by atoms with Gasteiger partial charge >= 0.3 is 5.97 Å². The Labute approximate surface area is 143 Å². The second-order valence-corrected chi connectivity index (χ2v) is 6.30. The minimum atomic E-state index is -0.897. The molecule has 0 amide bonds. The molecule has 1 atom stereocenters. The van der Waals surface area contributed by atoms with Gasteiger partial charge in [-0.3, -0.25) is 0 Å². The van der Waals surface area contributed by atoms with Crippen LogP contribution in [0.15, 0.2) is 42.7 Å². The molecular weight excluding hydrogens is 328 g/mol. The summed E-state index contributed by atoms with van der Waals surface area (Å²) in [5.41, 5.74) is 3.11. The van der Waals surface area contributed by atoms with Gasteiger partial charge in [0, 0.05) is 37.5 Å². The van der Waals surface area contributed by atoms with Crippen molar-refractivity contribution >= 4 is 28.9 Å². The summed E-state index contributed by atoms with van der Waals surface area (Å²) in [5.74, 6) is -0.613. The SMILES string of the molecule is O=C(O)c1cccc(C2CCN(c3cc(Cl)nn4ccnc34)C2)c1. The standard InChI is InChI=1S/C17H15ClN4O2/c18-15-9-14(16-19-5-7-22(16)20-15)21-6-4-13(10-21)11-2-1-3-12(8-11)17(23)24/h1-3,5,7-9,13H,4,6,10H2,(H,23,24). The van der Waals surface area contributed by atoms with Gasteiger partial charge in [-0.2, -0.15) is 5.10 Å². The summed E-state index contributed by atoms with van der Waals surface area (Å²) in [6.45, 7) is 1.66. The van der Waals surface area contributed by atoms with Gasteiger partial charge in [-0.25, -0.2) is 14.3 Å². The Bertz CT molecular complexity index is 924. The van der Waals surface area contributed by atoms with Gasteiger partial charge in [0.05, 0.1) is 11.3 Å². The highest BCUT2D eigenvalue weighted by molar-refractivity contribution is 6.29. The number of fused-ring (bicyclic) bond motifs is 1. The average Bonchev–Trinajstić information content (AvgIpc) is 3.23. The first-order chi connectivity index (χ1) is 11.6. The van der Waals surface area contributed by atoms with Crippen molar-refractivity contribution in [2.75, 3.05) is 18.0 Å². The third-order valence-electron chi connectivity index (χ3n) is 4.44. The summed E-state index contributed by atoms with van der Waals surface area (Å²) in [6.07, 6.45) is 4.43. The van der Waals surface area contributed by atoms with Gasteiger partial charge in [-0.15, -0.1) is 0 Å². The highest BCUT2D eigenvalue weighted by atomic mass is 35.5. The van der Waals surface area contributed by atoms with Crippen LogP contribution in [-0.2, 0) is 0 Å². The van der Waals surface area contributed by atoms with Crippen molar-refractivity contribution in [2.45, 2.75) is 12.3 Å². The number of carboxylic acid groups (broad SMARTS) is 1. The summed E-state index contributed by atoms with van der Waals surface area (Å²) in [4.78, 5) is 17.8. The first-order valence-corrected chi connectivity index (χ1v) is 8.08. The maximum Gasteiger partial charge on any atom is 0.335 e. The largest absolute Gasteiger partial charge is 0.478 e. The number of aromatic nitrogens is 3. The Morgan fingerprint density at radius 2 is 2.21 bits per heavy atom. The number of nitrogens with zero attached hydrogens (tertiary/aromatic N) is 4. The lowest BCUT2D eigenvalue weighted by Gasteiger charge is -2.19. The number of benzene rings is 1. The second-order valence-electron chi connectivity index (χ2n) is 5.91. The molecule has 6 nitrogen and oxygen atoms in total. The first-order valence-electron chi connectivity index (χ1n) is 7.70. The van der Waals surface area contributed by atoms with E-state index in [2.05, 4.69) is 15.0 Å². The van der Waals surface area contributed by atoms with E-state index < -0.39 is 5.97 Å². The Hall–Kier alpha value is -2.60. The van der Waals surface area contributed by atoms with Crippen LogP contribution < -0.4 is 4.90 Å². The third-order valence-corrected chi connectivity index (χ3v) is 4.63. The van der Waals surface area contributed by atoms with Crippen LogP contribution in [0.3, 0.4) is 0 Å². The van der Waals surface area contributed by atoms with Crippen molar-refractivity contribution in [3.63, 3.8) is 0 Å². The van der Waals surface area contributed by atoms with E-state index in [1.807, 2.05) is 12.1 Å². The molecule has 0 aliphatic carbocycles. The van der Waals surface area contributed by atoms with E-state index in [4.69, 9.17) is 16.7 Å². The van der Waals surface area contributed by atoms with E-state index in [0.717, 1.165) is 36.4 Å². The molecule has 1 aliphatic rings. The van der Waals surface area contributed by atoms with Crippen molar-refractivity contribution < 1.29 is 9.90 Å². The molecule has 3 heterocycles. The topological polar surface area (TPSA) is 70.7 Å². The Balaban J connectivity index is 1.63. The molecular formula is C17H15ClN4O2. The molecule has 1 N–H and O–H groups in total. The zero-order chi connectivity index (χ0) is 16.7. The molecule has 1 saturated heterocycles. The molecule has 0 saturated carbocycles. The number of aromatic carboxylic acids is 1. The van der Waals surface area contributed by atoms with E-state index in [-0.39, 0.29) is 5.92 Å². The molecule has 0 radical (unpaired) electrons. The van der Waals surface area contributed by atoms with Crippen molar-refractivity contribution in [1.82, 2.24) is 14.6 Å². The number of halogens is 1. The summed E-state index contributed by atoms with van der Waals surface area (Å²) in [5, 5.41) is 13.8. The monoisotopic (exact) mass is 342 g/mol. The molecule has 3 aromatic rings. The number of rotatable bonds is 3. The molecule has 4 rings (SSSR count). The molecule has 0 spiro atoms. The van der Waals surface area contributed by atoms with Gasteiger partial charge in [0.25, 0.3) is 0 Å². The van der Waals surface area contributed by atoms with Crippen molar-refractivity contribution in [2.24, 2.45) is 0 Å². The van der Waals surface area contributed by atoms with Crippen LogP contribution in [-0.4, -0.2) is 38.8 Å². The summed E-state index contributed by atoms with van der Waals surface area (Å²) in [7, 11) is 0. The minimum absolute atomic E-state index is 0.284. The number of anilines is 1. The number of carboxylic acids is 1. The Kier molecular flexibility index (Phi) is 3.61. The molecule has 24 heavy (non-hydrogen) atoms. The smallest absolute Gasteiger partial charge is 0.335 e. The molecule has 1 fully saturated rings. The van der Waals surface area contributed by atoms with Gasteiger partial charge in [-0.1, -0.05) is 23.7 Å². The average molecular weight is 343 g/mol. The molecule has 2 aromatic heterocycles. The van der Waals surface area contributed by atoms with Crippen molar-refractivity contribution in [3.8, 4) is 0 Å². The highest BCUT2D eigenvalue weighted by Gasteiger charge is 2.26. The van der Waals surface area contributed by atoms with E-state index in [1.54, 1.807) is 35.1 Å². The van der Waals surface area contributed by atoms with E-state index in [0.29, 0.717) is 10.7 Å². The van der Waals surface area contributed by atoms with Crippen LogP contribution in [0, 0.1) is 0 Å². The number of carbonyl (C=O) groups is 1. The lowest BCUT2D eigenvalue weighted by atomic mass is 9.97. The number of imidazole rings is 1. The molecule has 1 aromatic carbocycles. The van der Waals surface area contributed by atoms with Crippen LogP contribution >= 0.6 is 11.6 Å². The fraction of sp³-hybridized carbons (Fsp3) is 0.235. The molecule has 122 valence electrons. The van der Waals surface area contributed by atoms with Crippen molar-refractivity contribution in [1.29, 1.82) is 0 Å². The lowest BCUT2D eigenvalue weighted by molar-refractivity contribution is 0.0696. The summed E-state index contributed by atoms with van der Waals surface area (Å²) < 4.78 is 1.68. The maximum absolute atomic E-state index is 11.2. The predicted octanol–water partition coefficient (Wildman–Crippen LogP) is 3.07. The molecule has 1 unspecified atom stereocenters. The van der Waals surface area contributed by atoms with E-state index in [1.165, 1.54) is 0 Å². The Morgan fingerprint density at radius 3 is 3.04 bits per heavy atom. The van der Waals surface area contributed by atoms with E-state index >= 15 is 0 Å². The number of hydrogen-bond acceptors (Lipinski definition) is 4. The molecule has 7 heteroatoms. The normalized spacial score (nSPS) is 17.5. The van der Waals surface area contributed by atoms with Gasteiger partial charge in [0.2, 0.25) is 0 Å². The van der Waals surface area contributed by atoms with Crippen LogP contribution in [0.5, 0.6) is 0 Å². The maximum atomic E-state index is 11.2. The van der Waals surface area contributed by atoms with Gasteiger partial charge in [0.15, 0.2) is 10.8 Å². The third kappa shape index (κ3) is 2.59. The fourth-order valence-corrected chi connectivity index (χ4v) is 3.46. The Morgan fingerprint density at radius 1 is 1.33 bits per heavy atom. The summed E-state index contributed by atoms with van der Waals surface area (Å²) >= 11 is 6.12. The van der Waals surface area contributed by atoms with Crippen LogP contribution in [0.4, 0.5) is 5.69 Å². The van der Waals surface area contributed by atoms with Gasteiger partial charge in [-0.05, 0) is 24.1 Å². The minimum Gasteiger partial charge on any atom is -0.478 e.